The molecule has 1 atom stereocenters. The lowest BCUT2D eigenvalue weighted by molar-refractivity contribution is 0.102. The van der Waals surface area contributed by atoms with E-state index in [9.17, 15) is 4.79 Å². The second kappa shape index (κ2) is 8.44. The van der Waals surface area contributed by atoms with E-state index in [0.717, 1.165) is 36.2 Å². The van der Waals surface area contributed by atoms with Crippen LogP contribution < -0.4 is 5.32 Å². The molecule has 0 radical (unpaired) electrons. The number of fused-ring (bicyclic) bond motifs is 1. The number of benzene rings is 2. The third-order valence-corrected chi connectivity index (χ3v) is 5.78. The molecule has 5 heteroatoms. The van der Waals surface area contributed by atoms with Gasteiger partial charge in [0, 0.05) is 23.5 Å². The molecule has 2 aromatic carbocycles. The van der Waals surface area contributed by atoms with Crippen LogP contribution in [-0.2, 0) is 12.8 Å². The molecule has 4 rings (SSSR count). The van der Waals surface area contributed by atoms with Crippen LogP contribution in [0, 0.1) is 5.92 Å². The maximum absolute atomic E-state index is 12.7. The molecule has 1 aromatic heterocycles. The summed E-state index contributed by atoms with van der Waals surface area (Å²) in [5.41, 5.74) is 6.13. The zero-order valence-corrected chi connectivity index (χ0v) is 17.6. The molecule has 150 valence electrons. The van der Waals surface area contributed by atoms with Crippen molar-refractivity contribution in [2.24, 2.45) is 5.92 Å². The van der Waals surface area contributed by atoms with E-state index in [2.05, 4.69) is 41.4 Å². The van der Waals surface area contributed by atoms with Crippen molar-refractivity contribution in [1.82, 2.24) is 9.88 Å². The van der Waals surface area contributed by atoms with Crippen LogP contribution in [0.2, 0.25) is 5.02 Å². The van der Waals surface area contributed by atoms with Crippen molar-refractivity contribution in [3.63, 3.8) is 0 Å². The maximum atomic E-state index is 12.7. The van der Waals surface area contributed by atoms with Crippen LogP contribution in [0.4, 0.5) is 5.69 Å². The number of rotatable bonds is 5. The Labute approximate surface area is 176 Å². The monoisotopic (exact) mass is 407 g/mol. The molecule has 0 bridgehead atoms. The van der Waals surface area contributed by atoms with Gasteiger partial charge < -0.3 is 15.2 Å². The number of anilines is 1. The SMILES string of the molecule is CN(C)CC1CCc2cc(NC(=O)c3cc(-c4ccc(Cl)cc4)c[nH]3)ccc2C1. The molecular weight excluding hydrogens is 382 g/mol. The minimum absolute atomic E-state index is 0.133. The number of aromatic amines is 1. The van der Waals surface area contributed by atoms with Gasteiger partial charge in [0.2, 0.25) is 0 Å². The molecule has 1 aliphatic carbocycles. The van der Waals surface area contributed by atoms with Crippen molar-refractivity contribution < 1.29 is 4.79 Å². The number of nitrogens with one attached hydrogen (secondary N) is 2. The second-order valence-corrected chi connectivity index (χ2v) is 8.55. The van der Waals surface area contributed by atoms with Crippen LogP contribution in [0.5, 0.6) is 0 Å². The fraction of sp³-hybridized carbons (Fsp3) is 0.292. The van der Waals surface area contributed by atoms with Gasteiger partial charge in [0.1, 0.15) is 5.69 Å². The fourth-order valence-corrected chi connectivity index (χ4v) is 4.24. The Balaban J connectivity index is 1.44. The second-order valence-electron chi connectivity index (χ2n) is 8.12. The Morgan fingerprint density at radius 2 is 1.90 bits per heavy atom. The normalized spacial score (nSPS) is 15.9. The first-order valence-corrected chi connectivity index (χ1v) is 10.4. The number of amides is 1. The number of hydrogen-bond donors (Lipinski definition) is 2. The highest BCUT2D eigenvalue weighted by atomic mass is 35.5. The average Bonchev–Trinajstić information content (AvgIpc) is 3.18. The minimum Gasteiger partial charge on any atom is -0.357 e. The Morgan fingerprint density at radius 1 is 1.10 bits per heavy atom. The van der Waals surface area contributed by atoms with Crippen molar-refractivity contribution in [2.75, 3.05) is 26.0 Å². The van der Waals surface area contributed by atoms with E-state index in [-0.39, 0.29) is 5.91 Å². The van der Waals surface area contributed by atoms with Gasteiger partial charge >= 0.3 is 0 Å². The van der Waals surface area contributed by atoms with Gasteiger partial charge in [-0.1, -0.05) is 29.8 Å². The summed E-state index contributed by atoms with van der Waals surface area (Å²) in [6, 6.07) is 15.8. The molecule has 4 nitrogen and oxygen atoms in total. The zero-order chi connectivity index (χ0) is 20.4. The molecule has 29 heavy (non-hydrogen) atoms. The molecule has 1 aliphatic rings. The summed E-state index contributed by atoms with van der Waals surface area (Å²) in [7, 11) is 4.26. The summed E-state index contributed by atoms with van der Waals surface area (Å²) in [6.07, 6.45) is 5.23. The van der Waals surface area contributed by atoms with Gasteiger partial charge in [-0.15, -0.1) is 0 Å². The number of aromatic nitrogens is 1. The number of halogens is 1. The van der Waals surface area contributed by atoms with Gasteiger partial charge in [0.05, 0.1) is 0 Å². The number of carbonyl (C=O) groups is 1. The van der Waals surface area contributed by atoms with E-state index in [1.54, 1.807) is 0 Å². The number of hydrogen-bond acceptors (Lipinski definition) is 2. The fourth-order valence-electron chi connectivity index (χ4n) is 4.11. The van der Waals surface area contributed by atoms with Crippen LogP contribution in [-0.4, -0.2) is 36.4 Å². The predicted octanol–water partition coefficient (Wildman–Crippen LogP) is 5.25. The van der Waals surface area contributed by atoms with Crippen molar-refractivity contribution in [3.8, 4) is 11.1 Å². The highest BCUT2D eigenvalue weighted by Gasteiger charge is 2.20. The first kappa shape index (κ1) is 19.7. The van der Waals surface area contributed by atoms with Gasteiger partial charge in [-0.05, 0) is 91.9 Å². The van der Waals surface area contributed by atoms with Gasteiger partial charge in [-0.2, -0.15) is 0 Å². The number of nitrogens with zero attached hydrogens (tertiary/aromatic N) is 1. The Kier molecular flexibility index (Phi) is 5.74. The van der Waals surface area contributed by atoms with Crippen LogP contribution in [0.1, 0.15) is 28.0 Å². The topological polar surface area (TPSA) is 48.1 Å². The summed E-state index contributed by atoms with van der Waals surface area (Å²) in [5.74, 6) is 0.578. The number of H-pyrrole nitrogens is 1. The Morgan fingerprint density at radius 3 is 2.66 bits per heavy atom. The summed E-state index contributed by atoms with van der Waals surface area (Å²) in [5, 5.41) is 3.72. The molecule has 0 fully saturated rings. The van der Waals surface area contributed by atoms with Gasteiger partial charge in [-0.3, -0.25) is 4.79 Å². The zero-order valence-electron chi connectivity index (χ0n) is 16.8. The summed E-state index contributed by atoms with van der Waals surface area (Å²) < 4.78 is 0. The minimum atomic E-state index is -0.133. The highest BCUT2D eigenvalue weighted by molar-refractivity contribution is 6.30. The summed E-state index contributed by atoms with van der Waals surface area (Å²) >= 11 is 5.95. The van der Waals surface area contributed by atoms with Crippen molar-refractivity contribution >= 4 is 23.2 Å². The lowest BCUT2D eigenvalue weighted by atomic mass is 9.83. The highest BCUT2D eigenvalue weighted by Crippen LogP contribution is 2.29. The molecule has 1 heterocycles. The van der Waals surface area contributed by atoms with Gasteiger partial charge in [0.15, 0.2) is 0 Å². The van der Waals surface area contributed by atoms with E-state index in [1.807, 2.05) is 42.6 Å². The molecule has 3 aromatic rings. The van der Waals surface area contributed by atoms with E-state index in [1.165, 1.54) is 17.5 Å². The molecule has 1 amide bonds. The smallest absolute Gasteiger partial charge is 0.272 e. The first-order chi connectivity index (χ1) is 14.0. The van der Waals surface area contributed by atoms with E-state index >= 15 is 0 Å². The van der Waals surface area contributed by atoms with Crippen LogP contribution in [0.3, 0.4) is 0 Å². The average molecular weight is 408 g/mol. The Bertz CT molecular complexity index is 1010. The number of aryl methyl sites for hydroxylation is 1. The Hall–Kier alpha value is -2.56. The maximum Gasteiger partial charge on any atom is 0.272 e. The lowest BCUT2D eigenvalue weighted by Gasteiger charge is -2.27. The molecule has 1 unspecified atom stereocenters. The lowest BCUT2D eigenvalue weighted by Crippen LogP contribution is -2.26. The van der Waals surface area contributed by atoms with Gasteiger partial charge in [0.25, 0.3) is 5.91 Å². The predicted molar refractivity (Wildman–Crippen MR) is 120 cm³/mol. The van der Waals surface area contributed by atoms with Gasteiger partial charge in [-0.25, -0.2) is 0 Å². The molecular formula is C24H26ClN3O. The summed E-state index contributed by atoms with van der Waals surface area (Å²) in [4.78, 5) is 18.0. The van der Waals surface area contributed by atoms with Crippen molar-refractivity contribution in [3.05, 3.63) is 76.6 Å². The third-order valence-electron chi connectivity index (χ3n) is 5.52. The van der Waals surface area contributed by atoms with E-state index in [4.69, 9.17) is 11.6 Å². The van der Waals surface area contributed by atoms with Crippen LogP contribution >= 0.6 is 11.6 Å². The van der Waals surface area contributed by atoms with Crippen LogP contribution in [0.15, 0.2) is 54.7 Å². The molecule has 2 N–H and O–H groups in total. The standard InChI is InChI=1S/C24H26ClN3O/c1-28(2)15-16-3-4-19-12-22(10-7-18(19)11-16)27-24(29)23-13-20(14-26-23)17-5-8-21(25)9-6-17/h5-10,12-14,16,26H,3-4,11,15H2,1-2H3,(H,27,29). The van der Waals surface area contributed by atoms with Crippen LogP contribution in [0.25, 0.3) is 11.1 Å². The molecule has 0 saturated heterocycles. The van der Waals surface area contributed by atoms with Crippen molar-refractivity contribution in [1.29, 1.82) is 0 Å². The first-order valence-electron chi connectivity index (χ1n) is 10.00. The largest absolute Gasteiger partial charge is 0.357 e. The summed E-state index contributed by atoms with van der Waals surface area (Å²) in [6.45, 7) is 1.13. The third kappa shape index (κ3) is 4.72. The van der Waals surface area contributed by atoms with Crippen molar-refractivity contribution in [2.45, 2.75) is 19.3 Å². The van der Waals surface area contributed by atoms with E-state index < -0.39 is 0 Å². The molecule has 0 saturated carbocycles. The molecule has 0 aliphatic heterocycles. The van der Waals surface area contributed by atoms with E-state index in [0.29, 0.717) is 16.6 Å². The number of carbonyl (C=O) groups excluding carboxylic acids is 1. The quantitative estimate of drug-likeness (QED) is 0.606. The molecule has 0 spiro atoms.